The summed E-state index contributed by atoms with van der Waals surface area (Å²) in [5.74, 6) is 0.820. The van der Waals surface area contributed by atoms with E-state index >= 15 is 0 Å². The van der Waals surface area contributed by atoms with E-state index in [2.05, 4.69) is 27.3 Å². The van der Waals surface area contributed by atoms with Crippen molar-refractivity contribution in [3.8, 4) is 16.9 Å². The second kappa shape index (κ2) is 8.20. The summed E-state index contributed by atoms with van der Waals surface area (Å²) in [7, 11) is 1.65. The molecular formula is C23H21N3O4S. The van der Waals surface area contributed by atoms with Gasteiger partial charge in [-0.05, 0) is 61.5 Å². The first kappa shape index (κ1) is 19.8. The predicted molar refractivity (Wildman–Crippen MR) is 120 cm³/mol. The number of likely N-dealkylation sites (tertiary alicyclic amines) is 1. The molecule has 1 aromatic carbocycles. The van der Waals surface area contributed by atoms with Gasteiger partial charge in [-0.3, -0.25) is 24.8 Å². The molecule has 5 rings (SSSR count). The van der Waals surface area contributed by atoms with Crippen LogP contribution in [0.3, 0.4) is 0 Å². The lowest BCUT2D eigenvalue weighted by Gasteiger charge is -2.16. The van der Waals surface area contributed by atoms with Crippen LogP contribution < -0.4 is 10.1 Å². The Labute approximate surface area is 183 Å². The highest BCUT2D eigenvalue weighted by Gasteiger charge is 2.26. The Kier molecular flexibility index (Phi) is 5.25. The van der Waals surface area contributed by atoms with Gasteiger partial charge < -0.3 is 9.15 Å². The van der Waals surface area contributed by atoms with E-state index in [9.17, 15) is 9.59 Å². The van der Waals surface area contributed by atoms with E-state index in [1.807, 2.05) is 12.1 Å². The van der Waals surface area contributed by atoms with Crippen LogP contribution in [-0.2, 0) is 11.3 Å². The van der Waals surface area contributed by atoms with Crippen molar-refractivity contribution in [2.45, 2.75) is 19.4 Å². The average molecular weight is 436 g/mol. The number of hydrogen-bond donors (Lipinski definition) is 1. The molecule has 0 unspecified atom stereocenters. The Balaban J connectivity index is 1.55. The number of nitrogens with zero attached hydrogens (tertiary/aromatic N) is 2. The third-order valence-corrected chi connectivity index (χ3v) is 6.33. The standard InChI is InChI=1S/C23H21N3O4S/c1-29-19-5-4-14(13-26-6-2-3-7-26)8-17(19)18-12-24-11-15-9-16(30-21(15)18)10-20-22(27)25-23(28)31-20/h4-5,8-12H,2-3,6-7,13H2,1H3,(H,25,27,28)/b20-10-. The summed E-state index contributed by atoms with van der Waals surface area (Å²) in [6.07, 6.45) is 7.56. The summed E-state index contributed by atoms with van der Waals surface area (Å²) < 4.78 is 11.7. The molecule has 0 radical (unpaired) electrons. The van der Waals surface area contributed by atoms with Crippen LogP contribution in [0.1, 0.15) is 24.2 Å². The highest BCUT2D eigenvalue weighted by molar-refractivity contribution is 8.18. The van der Waals surface area contributed by atoms with Gasteiger partial charge in [-0.15, -0.1) is 0 Å². The maximum Gasteiger partial charge on any atom is 0.290 e. The second-order valence-electron chi connectivity index (χ2n) is 7.62. The van der Waals surface area contributed by atoms with Gasteiger partial charge in [0.1, 0.15) is 17.1 Å². The minimum atomic E-state index is -0.412. The number of carbonyl (C=O) groups excluding carboxylic acids is 2. The number of methoxy groups -OCH3 is 1. The number of aromatic nitrogens is 1. The van der Waals surface area contributed by atoms with Crippen LogP contribution >= 0.6 is 11.8 Å². The van der Waals surface area contributed by atoms with Crippen molar-refractivity contribution in [1.82, 2.24) is 15.2 Å². The predicted octanol–water partition coefficient (Wildman–Crippen LogP) is 4.42. The SMILES string of the molecule is COc1ccc(CN2CCCC2)cc1-c1cncc2cc(/C=C3\SC(=O)NC3=O)oc12. The number of benzene rings is 1. The zero-order valence-electron chi connectivity index (χ0n) is 17.0. The molecule has 4 heterocycles. The molecule has 0 spiro atoms. The van der Waals surface area contributed by atoms with Crippen LogP contribution in [0, 0.1) is 0 Å². The average Bonchev–Trinajstić information content (AvgIpc) is 3.48. The van der Waals surface area contributed by atoms with Crippen LogP contribution in [0.5, 0.6) is 5.75 Å². The number of pyridine rings is 1. The highest BCUT2D eigenvalue weighted by atomic mass is 32.2. The van der Waals surface area contributed by atoms with E-state index in [0.29, 0.717) is 16.2 Å². The van der Waals surface area contributed by atoms with Crippen molar-refractivity contribution in [3.05, 3.63) is 52.9 Å². The van der Waals surface area contributed by atoms with Gasteiger partial charge in [0.25, 0.3) is 11.1 Å². The number of furan rings is 1. The maximum atomic E-state index is 11.9. The van der Waals surface area contributed by atoms with Gasteiger partial charge in [0.2, 0.25) is 0 Å². The number of rotatable bonds is 5. The fourth-order valence-corrected chi connectivity index (χ4v) is 4.72. The van der Waals surface area contributed by atoms with Gasteiger partial charge in [0, 0.05) is 41.5 Å². The summed E-state index contributed by atoms with van der Waals surface area (Å²) in [6, 6.07) is 8.03. The molecule has 2 fully saturated rings. The van der Waals surface area contributed by atoms with Crippen LogP contribution in [0.4, 0.5) is 4.79 Å². The molecule has 2 aromatic heterocycles. The van der Waals surface area contributed by atoms with E-state index in [1.165, 1.54) is 18.4 Å². The van der Waals surface area contributed by atoms with E-state index < -0.39 is 5.91 Å². The van der Waals surface area contributed by atoms with Crippen molar-refractivity contribution in [2.75, 3.05) is 20.2 Å². The zero-order valence-corrected chi connectivity index (χ0v) is 17.8. The number of amides is 2. The number of hydrogen-bond acceptors (Lipinski definition) is 7. The van der Waals surface area contributed by atoms with E-state index in [4.69, 9.17) is 9.15 Å². The summed E-state index contributed by atoms with van der Waals surface area (Å²) >= 11 is 0.863. The molecule has 0 bridgehead atoms. The summed E-state index contributed by atoms with van der Waals surface area (Å²) in [5, 5.41) is 2.68. The summed E-state index contributed by atoms with van der Waals surface area (Å²) in [4.78, 5) is 30.4. The Morgan fingerprint density at radius 3 is 2.77 bits per heavy atom. The molecular weight excluding hydrogens is 414 g/mol. The smallest absolute Gasteiger partial charge is 0.290 e. The maximum absolute atomic E-state index is 11.9. The third-order valence-electron chi connectivity index (χ3n) is 5.52. The quantitative estimate of drug-likeness (QED) is 0.594. The Bertz CT molecular complexity index is 1210. The molecule has 1 N–H and O–H groups in total. The largest absolute Gasteiger partial charge is 0.496 e. The lowest BCUT2D eigenvalue weighted by molar-refractivity contribution is -0.115. The van der Waals surface area contributed by atoms with Crippen molar-refractivity contribution in [3.63, 3.8) is 0 Å². The Hall–Kier alpha value is -3.10. The van der Waals surface area contributed by atoms with Crippen molar-refractivity contribution >= 4 is 40.0 Å². The molecule has 3 aromatic rings. The minimum Gasteiger partial charge on any atom is -0.496 e. The summed E-state index contributed by atoms with van der Waals surface area (Å²) in [6.45, 7) is 3.15. The van der Waals surface area contributed by atoms with Gasteiger partial charge >= 0.3 is 0 Å². The lowest BCUT2D eigenvalue weighted by atomic mass is 10.0. The molecule has 7 nitrogen and oxygen atoms in total. The molecule has 2 aliphatic rings. The van der Waals surface area contributed by atoms with Crippen LogP contribution in [0.2, 0.25) is 0 Å². The molecule has 2 amide bonds. The topological polar surface area (TPSA) is 84.7 Å². The van der Waals surface area contributed by atoms with Crippen molar-refractivity contribution in [2.24, 2.45) is 0 Å². The Morgan fingerprint density at radius 2 is 2.03 bits per heavy atom. The molecule has 31 heavy (non-hydrogen) atoms. The number of thioether (sulfide) groups is 1. The fraction of sp³-hybridized carbons (Fsp3) is 0.261. The van der Waals surface area contributed by atoms with Gasteiger partial charge in [-0.25, -0.2) is 0 Å². The first-order valence-electron chi connectivity index (χ1n) is 10.1. The van der Waals surface area contributed by atoms with Gasteiger partial charge in [-0.2, -0.15) is 0 Å². The molecule has 158 valence electrons. The highest BCUT2D eigenvalue weighted by Crippen LogP contribution is 2.37. The minimum absolute atomic E-state index is 0.309. The van der Waals surface area contributed by atoms with E-state index in [1.54, 1.807) is 25.6 Å². The second-order valence-corrected chi connectivity index (χ2v) is 8.64. The van der Waals surface area contributed by atoms with Gasteiger partial charge in [-0.1, -0.05) is 6.07 Å². The van der Waals surface area contributed by atoms with Gasteiger partial charge in [0.15, 0.2) is 0 Å². The number of ether oxygens (including phenoxy) is 1. The van der Waals surface area contributed by atoms with E-state index in [-0.39, 0.29) is 5.24 Å². The molecule has 0 aliphatic carbocycles. The number of fused-ring (bicyclic) bond motifs is 1. The van der Waals surface area contributed by atoms with Crippen molar-refractivity contribution in [1.29, 1.82) is 0 Å². The van der Waals surface area contributed by atoms with E-state index in [0.717, 1.165) is 53.7 Å². The normalized spacial score (nSPS) is 18.3. The third kappa shape index (κ3) is 3.96. The van der Waals surface area contributed by atoms with Crippen molar-refractivity contribution < 1.29 is 18.7 Å². The number of imide groups is 1. The molecule has 2 saturated heterocycles. The van der Waals surface area contributed by atoms with Crippen LogP contribution in [0.15, 0.2) is 46.0 Å². The summed E-state index contributed by atoms with van der Waals surface area (Å²) in [5.41, 5.74) is 3.60. The molecule has 0 atom stereocenters. The Morgan fingerprint density at radius 1 is 1.19 bits per heavy atom. The molecule has 8 heteroatoms. The monoisotopic (exact) mass is 435 g/mol. The fourth-order valence-electron chi connectivity index (χ4n) is 4.06. The zero-order chi connectivity index (χ0) is 21.4. The van der Waals surface area contributed by atoms with Gasteiger partial charge in [0.05, 0.1) is 12.0 Å². The number of carbonyl (C=O) groups is 2. The first-order valence-corrected chi connectivity index (χ1v) is 10.9. The first-order chi connectivity index (χ1) is 15.1. The van der Waals surface area contributed by atoms with Crippen LogP contribution in [-0.4, -0.2) is 41.2 Å². The number of nitrogens with one attached hydrogen (secondary N) is 1. The van der Waals surface area contributed by atoms with Crippen LogP contribution in [0.25, 0.3) is 28.2 Å². The lowest BCUT2D eigenvalue weighted by Crippen LogP contribution is -2.18. The molecule has 0 saturated carbocycles. The molecule has 2 aliphatic heterocycles.